The average Bonchev–Trinajstić information content (AvgIpc) is 3.55. The molecule has 0 bridgehead atoms. The van der Waals surface area contributed by atoms with Gasteiger partial charge >= 0.3 is 11.9 Å². The van der Waals surface area contributed by atoms with Crippen LogP contribution in [-0.4, -0.2) is 36.4 Å². The van der Waals surface area contributed by atoms with E-state index < -0.39 is 6.10 Å². The SMILES string of the molecule is CCCCCCC/C=C\C/C=C\C/C=C\CCCCCCCCCCCCCCCCCCCCCCCCC(=O)OC(CO)COC(=O)CCCCCCCCCCCCCCCCCCCCCCCCCCC/C=C\CCCCCCCCCC. The van der Waals surface area contributed by atoms with Crippen LogP contribution < -0.4 is 0 Å². The van der Waals surface area contributed by atoms with Crippen LogP contribution in [0.4, 0.5) is 0 Å². The van der Waals surface area contributed by atoms with Crippen molar-refractivity contribution in [2.45, 2.75) is 457 Å². The molecule has 0 aliphatic rings. The van der Waals surface area contributed by atoms with E-state index >= 15 is 0 Å². The first-order valence-corrected chi connectivity index (χ1v) is 40.2. The maximum Gasteiger partial charge on any atom is 0.306 e. The van der Waals surface area contributed by atoms with Crippen molar-refractivity contribution in [3.8, 4) is 0 Å². The third-order valence-electron chi connectivity index (χ3n) is 18.6. The molecule has 0 aliphatic carbocycles. The zero-order valence-corrected chi connectivity index (χ0v) is 59.8. The molecule has 1 unspecified atom stereocenters. The van der Waals surface area contributed by atoms with Crippen molar-refractivity contribution in [3.05, 3.63) is 48.6 Å². The van der Waals surface area contributed by atoms with E-state index in [1.54, 1.807) is 0 Å². The summed E-state index contributed by atoms with van der Waals surface area (Å²) < 4.78 is 10.8. The highest BCUT2D eigenvalue weighted by molar-refractivity contribution is 5.70. The van der Waals surface area contributed by atoms with Crippen LogP contribution in [0.2, 0.25) is 0 Å². The Morgan fingerprint density at radius 2 is 0.455 bits per heavy atom. The lowest BCUT2D eigenvalue weighted by atomic mass is 10.0. The molecule has 0 saturated carbocycles. The number of ether oxygens (including phenoxy) is 2. The first kappa shape index (κ1) is 85.9. The van der Waals surface area contributed by atoms with Gasteiger partial charge in [0.2, 0.25) is 0 Å². The standard InChI is InChI=1S/C83H156O5/c1-3-5-7-9-11-13-15-17-19-21-23-25-27-29-31-33-35-37-39-41-43-45-47-49-51-53-55-57-59-61-63-65-67-69-71-73-75-77-82(85)87-80-81(79-84)88-83(86)78-76-74-72-70-68-66-64-62-60-58-56-54-52-50-48-46-44-42-40-38-36-34-32-30-28-26-24-22-20-18-16-14-12-10-8-6-4-2/h16,18,21-24,28,30,81,84H,3-15,17,19-20,25-27,29,31-80H2,1-2H3/b18-16-,23-21-,24-22-,30-28-. The molecule has 0 amide bonds. The molecule has 0 aliphatic heterocycles. The molecule has 0 rings (SSSR count). The number of aliphatic hydroxyl groups is 1. The van der Waals surface area contributed by atoms with Gasteiger partial charge in [-0.25, -0.2) is 0 Å². The van der Waals surface area contributed by atoms with Crippen molar-refractivity contribution in [1.29, 1.82) is 0 Å². The van der Waals surface area contributed by atoms with Gasteiger partial charge in [-0.15, -0.1) is 0 Å². The Kier molecular flexibility index (Phi) is 77.2. The van der Waals surface area contributed by atoms with Crippen LogP contribution in [0.25, 0.3) is 0 Å². The van der Waals surface area contributed by atoms with Crippen LogP contribution in [0.3, 0.4) is 0 Å². The summed E-state index contributed by atoms with van der Waals surface area (Å²) in [4.78, 5) is 24.7. The molecule has 0 saturated heterocycles. The van der Waals surface area contributed by atoms with Crippen LogP contribution in [0.15, 0.2) is 48.6 Å². The van der Waals surface area contributed by atoms with Gasteiger partial charge in [0.15, 0.2) is 6.10 Å². The number of unbranched alkanes of at least 4 members (excludes halogenated alkanes) is 60. The molecule has 0 heterocycles. The van der Waals surface area contributed by atoms with Crippen LogP contribution >= 0.6 is 0 Å². The Bertz CT molecular complexity index is 1450. The summed E-state index contributed by atoms with van der Waals surface area (Å²) in [6.07, 6.45) is 108. The highest BCUT2D eigenvalue weighted by atomic mass is 16.6. The highest BCUT2D eigenvalue weighted by Crippen LogP contribution is 2.20. The second kappa shape index (κ2) is 79.1. The number of hydrogen-bond acceptors (Lipinski definition) is 5. The third kappa shape index (κ3) is 76.3. The predicted octanol–water partition coefficient (Wildman–Crippen LogP) is 28.2. The fourth-order valence-electron chi connectivity index (χ4n) is 12.6. The number of carbonyl (C=O) groups excluding carboxylic acids is 2. The average molecular weight is 1230 g/mol. The molecule has 1 atom stereocenters. The largest absolute Gasteiger partial charge is 0.462 e. The topological polar surface area (TPSA) is 72.8 Å². The minimum absolute atomic E-state index is 0.0589. The number of aliphatic hydroxyl groups excluding tert-OH is 1. The van der Waals surface area contributed by atoms with Gasteiger partial charge in [0.25, 0.3) is 0 Å². The molecule has 0 fully saturated rings. The van der Waals surface area contributed by atoms with Gasteiger partial charge in [-0.1, -0.05) is 409 Å². The lowest BCUT2D eigenvalue weighted by molar-refractivity contribution is -0.161. The summed E-state index contributed by atoms with van der Waals surface area (Å²) in [6, 6.07) is 0. The minimum atomic E-state index is -0.771. The van der Waals surface area contributed by atoms with Crippen molar-refractivity contribution < 1.29 is 24.2 Å². The molecule has 5 heteroatoms. The molecule has 0 aromatic heterocycles. The molecule has 0 aromatic rings. The van der Waals surface area contributed by atoms with Crippen LogP contribution in [0.1, 0.15) is 450 Å². The quantitative estimate of drug-likeness (QED) is 0.0373. The van der Waals surface area contributed by atoms with Gasteiger partial charge < -0.3 is 14.6 Å². The molecular weight excluding hydrogens is 1080 g/mol. The van der Waals surface area contributed by atoms with Crippen molar-refractivity contribution >= 4 is 11.9 Å². The number of carbonyl (C=O) groups is 2. The molecule has 518 valence electrons. The fourth-order valence-corrected chi connectivity index (χ4v) is 12.6. The third-order valence-corrected chi connectivity index (χ3v) is 18.6. The second-order valence-corrected chi connectivity index (χ2v) is 27.5. The lowest BCUT2D eigenvalue weighted by Crippen LogP contribution is -2.28. The van der Waals surface area contributed by atoms with E-state index in [0.29, 0.717) is 12.8 Å². The van der Waals surface area contributed by atoms with E-state index in [0.717, 1.165) is 44.9 Å². The Morgan fingerprint density at radius 1 is 0.261 bits per heavy atom. The van der Waals surface area contributed by atoms with Gasteiger partial charge in [-0.3, -0.25) is 9.59 Å². The van der Waals surface area contributed by atoms with E-state index in [2.05, 4.69) is 62.5 Å². The molecule has 0 radical (unpaired) electrons. The van der Waals surface area contributed by atoms with Gasteiger partial charge in [-0.2, -0.15) is 0 Å². The molecule has 1 N–H and O–H groups in total. The van der Waals surface area contributed by atoms with Gasteiger partial charge in [0.1, 0.15) is 6.61 Å². The van der Waals surface area contributed by atoms with E-state index in [-0.39, 0.29) is 25.2 Å². The number of allylic oxidation sites excluding steroid dienone is 8. The minimum Gasteiger partial charge on any atom is -0.462 e. The number of rotatable bonds is 76. The van der Waals surface area contributed by atoms with Gasteiger partial charge in [0, 0.05) is 12.8 Å². The van der Waals surface area contributed by atoms with Crippen molar-refractivity contribution in [2.24, 2.45) is 0 Å². The summed E-state index contributed by atoms with van der Waals surface area (Å²) in [5, 5.41) is 9.73. The first-order chi connectivity index (χ1) is 43.6. The zero-order valence-electron chi connectivity index (χ0n) is 59.8. The second-order valence-electron chi connectivity index (χ2n) is 27.5. The monoisotopic (exact) mass is 1230 g/mol. The highest BCUT2D eigenvalue weighted by Gasteiger charge is 2.16. The molecule has 88 heavy (non-hydrogen) atoms. The fraction of sp³-hybridized carbons (Fsp3) is 0.880. The lowest BCUT2D eigenvalue weighted by Gasteiger charge is -2.15. The van der Waals surface area contributed by atoms with Gasteiger partial charge in [-0.05, 0) is 77.0 Å². The smallest absolute Gasteiger partial charge is 0.306 e. The van der Waals surface area contributed by atoms with Crippen LogP contribution in [0, 0.1) is 0 Å². The summed E-state index contributed by atoms with van der Waals surface area (Å²) in [5.41, 5.74) is 0. The summed E-state index contributed by atoms with van der Waals surface area (Å²) in [7, 11) is 0. The van der Waals surface area contributed by atoms with Crippen molar-refractivity contribution in [3.63, 3.8) is 0 Å². The summed E-state index contributed by atoms with van der Waals surface area (Å²) >= 11 is 0. The van der Waals surface area contributed by atoms with Crippen LogP contribution in [0.5, 0.6) is 0 Å². The van der Waals surface area contributed by atoms with E-state index in [4.69, 9.17) is 9.47 Å². The van der Waals surface area contributed by atoms with E-state index in [1.807, 2.05) is 0 Å². The Morgan fingerprint density at radius 3 is 0.693 bits per heavy atom. The number of hydrogen-bond donors (Lipinski definition) is 1. The Balaban J connectivity index is 3.37. The summed E-state index contributed by atoms with van der Waals surface area (Å²) in [5.74, 6) is -0.563. The van der Waals surface area contributed by atoms with Gasteiger partial charge in [0.05, 0.1) is 6.61 Å². The zero-order chi connectivity index (χ0) is 63.3. The molecular formula is C83H156O5. The van der Waals surface area contributed by atoms with E-state index in [9.17, 15) is 14.7 Å². The summed E-state index contributed by atoms with van der Waals surface area (Å²) in [6.45, 7) is 4.20. The van der Waals surface area contributed by atoms with E-state index in [1.165, 1.54) is 379 Å². The van der Waals surface area contributed by atoms with Crippen molar-refractivity contribution in [2.75, 3.05) is 13.2 Å². The normalized spacial score (nSPS) is 12.4. The number of esters is 2. The van der Waals surface area contributed by atoms with Crippen LogP contribution in [-0.2, 0) is 19.1 Å². The molecule has 5 nitrogen and oxygen atoms in total. The predicted molar refractivity (Wildman–Crippen MR) is 390 cm³/mol. The maximum absolute atomic E-state index is 12.4. The maximum atomic E-state index is 12.4. The Hall–Kier alpha value is -2.14. The van der Waals surface area contributed by atoms with Crippen molar-refractivity contribution in [1.82, 2.24) is 0 Å². The first-order valence-electron chi connectivity index (χ1n) is 40.2. The molecule has 0 aromatic carbocycles. The molecule has 0 spiro atoms. The Labute approximate surface area is 551 Å².